The van der Waals surface area contributed by atoms with E-state index in [0.29, 0.717) is 18.7 Å². The Hall–Kier alpha value is -2.80. The lowest BCUT2D eigenvalue weighted by molar-refractivity contribution is -0.120. The van der Waals surface area contributed by atoms with Crippen molar-refractivity contribution in [2.24, 2.45) is 5.92 Å². The van der Waals surface area contributed by atoms with Gasteiger partial charge in [-0.1, -0.05) is 36.4 Å². The van der Waals surface area contributed by atoms with Crippen molar-refractivity contribution in [3.63, 3.8) is 0 Å². The maximum Gasteiger partial charge on any atom is 0.244 e. The number of amides is 1. The van der Waals surface area contributed by atoms with E-state index in [1.807, 2.05) is 61.5 Å². The molecule has 23 heavy (non-hydrogen) atoms. The van der Waals surface area contributed by atoms with Crippen molar-refractivity contribution in [1.29, 1.82) is 5.26 Å². The maximum absolute atomic E-state index is 12.8. The van der Waals surface area contributed by atoms with Gasteiger partial charge in [-0.15, -0.1) is 0 Å². The Labute approximate surface area is 136 Å². The van der Waals surface area contributed by atoms with Crippen LogP contribution in [0.3, 0.4) is 0 Å². The van der Waals surface area contributed by atoms with E-state index >= 15 is 0 Å². The second kappa shape index (κ2) is 8.00. The quantitative estimate of drug-likeness (QED) is 0.821. The Bertz CT molecular complexity index is 692. The normalized spacial score (nSPS) is 11.3. The van der Waals surface area contributed by atoms with Gasteiger partial charge in [-0.2, -0.15) is 5.26 Å². The topological polar surface area (TPSA) is 53.3 Å². The monoisotopic (exact) mass is 308 g/mol. The summed E-state index contributed by atoms with van der Waals surface area (Å²) in [6.45, 7) is 2.43. The second-order valence-corrected chi connectivity index (χ2v) is 5.12. The smallest absolute Gasteiger partial charge is 0.244 e. The number of anilines is 1. The van der Waals surface area contributed by atoms with Gasteiger partial charge in [0.15, 0.2) is 0 Å². The van der Waals surface area contributed by atoms with Crippen molar-refractivity contribution in [2.75, 3.05) is 18.6 Å². The molecule has 0 bridgehead atoms. The highest BCUT2D eigenvalue weighted by molar-refractivity contribution is 5.96. The van der Waals surface area contributed by atoms with Gasteiger partial charge in [0.25, 0.3) is 0 Å². The highest BCUT2D eigenvalue weighted by Crippen LogP contribution is 2.23. The molecule has 0 saturated carbocycles. The molecule has 2 aromatic carbocycles. The SMILES string of the molecule is CCN(C(=O)C(C#N)Cc1ccccc1OC)c1ccccc1. The van der Waals surface area contributed by atoms with E-state index in [1.54, 1.807) is 12.0 Å². The molecule has 118 valence electrons. The Kier molecular flexibility index (Phi) is 5.76. The predicted molar refractivity (Wildman–Crippen MR) is 90.3 cm³/mol. The Morgan fingerprint density at radius 1 is 1.17 bits per heavy atom. The Morgan fingerprint density at radius 2 is 1.83 bits per heavy atom. The van der Waals surface area contributed by atoms with Crippen LogP contribution in [0.15, 0.2) is 54.6 Å². The van der Waals surface area contributed by atoms with E-state index in [-0.39, 0.29) is 5.91 Å². The van der Waals surface area contributed by atoms with Crippen LogP contribution in [0.1, 0.15) is 12.5 Å². The summed E-state index contributed by atoms with van der Waals surface area (Å²) in [5, 5.41) is 9.47. The summed E-state index contributed by atoms with van der Waals surface area (Å²) in [5.41, 5.74) is 1.67. The largest absolute Gasteiger partial charge is 0.496 e. The molecule has 0 spiro atoms. The minimum atomic E-state index is -0.744. The molecule has 1 unspecified atom stereocenters. The molecular weight excluding hydrogens is 288 g/mol. The standard InChI is InChI=1S/C19H20N2O2/c1-3-21(17-10-5-4-6-11-17)19(22)16(14-20)13-15-9-7-8-12-18(15)23-2/h4-12,16H,3,13H2,1-2H3. The molecule has 0 N–H and O–H groups in total. The van der Waals surface area contributed by atoms with Gasteiger partial charge < -0.3 is 9.64 Å². The van der Waals surface area contributed by atoms with E-state index in [1.165, 1.54) is 0 Å². The molecule has 4 heteroatoms. The van der Waals surface area contributed by atoms with Gasteiger partial charge in [0.1, 0.15) is 11.7 Å². The molecule has 2 aromatic rings. The number of carbonyl (C=O) groups is 1. The van der Waals surface area contributed by atoms with E-state index in [0.717, 1.165) is 11.3 Å². The zero-order chi connectivity index (χ0) is 16.7. The van der Waals surface area contributed by atoms with E-state index in [2.05, 4.69) is 6.07 Å². The first-order valence-electron chi connectivity index (χ1n) is 7.59. The molecule has 0 aliphatic heterocycles. The van der Waals surface area contributed by atoms with E-state index in [4.69, 9.17) is 4.74 Å². The molecular formula is C19H20N2O2. The van der Waals surface area contributed by atoms with Crippen molar-refractivity contribution >= 4 is 11.6 Å². The third-order valence-electron chi connectivity index (χ3n) is 3.72. The van der Waals surface area contributed by atoms with Gasteiger partial charge >= 0.3 is 0 Å². The molecule has 0 aliphatic rings. The van der Waals surface area contributed by atoms with Crippen molar-refractivity contribution in [3.05, 3.63) is 60.2 Å². The van der Waals surface area contributed by atoms with Gasteiger partial charge in [0.05, 0.1) is 13.2 Å². The number of ether oxygens (including phenoxy) is 1. The van der Waals surface area contributed by atoms with Crippen LogP contribution >= 0.6 is 0 Å². The van der Waals surface area contributed by atoms with Gasteiger partial charge in [-0.25, -0.2) is 0 Å². The number of nitrogens with zero attached hydrogens (tertiary/aromatic N) is 2. The van der Waals surface area contributed by atoms with Gasteiger partial charge in [-0.05, 0) is 30.7 Å². The second-order valence-electron chi connectivity index (χ2n) is 5.12. The molecule has 0 saturated heterocycles. The summed E-state index contributed by atoms with van der Waals surface area (Å²) in [6.07, 6.45) is 0.336. The molecule has 0 aliphatic carbocycles. The first-order valence-corrected chi connectivity index (χ1v) is 7.59. The maximum atomic E-state index is 12.8. The average Bonchev–Trinajstić information content (AvgIpc) is 2.61. The minimum Gasteiger partial charge on any atom is -0.496 e. The van der Waals surface area contributed by atoms with E-state index in [9.17, 15) is 10.1 Å². The molecule has 4 nitrogen and oxygen atoms in total. The zero-order valence-corrected chi connectivity index (χ0v) is 13.4. The van der Waals surface area contributed by atoms with Gasteiger partial charge in [-0.3, -0.25) is 4.79 Å². The van der Waals surface area contributed by atoms with Crippen molar-refractivity contribution in [2.45, 2.75) is 13.3 Å². The molecule has 0 radical (unpaired) electrons. The van der Waals surface area contributed by atoms with Crippen LogP contribution in [0, 0.1) is 17.2 Å². The summed E-state index contributed by atoms with van der Waals surface area (Å²) in [4.78, 5) is 14.4. The van der Waals surface area contributed by atoms with Crippen molar-refractivity contribution < 1.29 is 9.53 Å². The number of para-hydroxylation sites is 2. The average molecular weight is 308 g/mol. The third-order valence-corrected chi connectivity index (χ3v) is 3.72. The number of nitriles is 1. The fourth-order valence-electron chi connectivity index (χ4n) is 2.54. The molecule has 1 atom stereocenters. The molecule has 2 rings (SSSR count). The summed E-state index contributed by atoms with van der Waals surface area (Å²) in [7, 11) is 1.59. The van der Waals surface area contributed by atoms with Crippen LogP contribution in [0.5, 0.6) is 5.75 Å². The number of methoxy groups -OCH3 is 1. The van der Waals surface area contributed by atoms with Crippen LogP contribution in [0.2, 0.25) is 0 Å². The number of benzene rings is 2. The fourth-order valence-corrected chi connectivity index (χ4v) is 2.54. The lowest BCUT2D eigenvalue weighted by Gasteiger charge is -2.23. The van der Waals surface area contributed by atoms with E-state index < -0.39 is 5.92 Å². The number of carbonyl (C=O) groups excluding carboxylic acids is 1. The first-order chi connectivity index (χ1) is 11.2. The van der Waals surface area contributed by atoms with Gasteiger partial charge in [0.2, 0.25) is 5.91 Å². The van der Waals surface area contributed by atoms with Crippen molar-refractivity contribution in [1.82, 2.24) is 0 Å². The van der Waals surface area contributed by atoms with Gasteiger partial charge in [0, 0.05) is 18.7 Å². The first kappa shape index (κ1) is 16.6. The van der Waals surface area contributed by atoms with Crippen LogP contribution in [-0.2, 0) is 11.2 Å². The molecule has 0 heterocycles. The lowest BCUT2D eigenvalue weighted by Crippen LogP contribution is -2.36. The number of hydrogen-bond donors (Lipinski definition) is 0. The van der Waals surface area contributed by atoms with Crippen molar-refractivity contribution in [3.8, 4) is 11.8 Å². The summed E-state index contributed by atoms with van der Waals surface area (Å²) < 4.78 is 5.31. The minimum absolute atomic E-state index is 0.188. The van der Waals surface area contributed by atoms with Crippen LogP contribution in [-0.4, -0.2) is 19.6 Å². The summed E-state index contributed by atoms with van der Waals surface area (Å²) >= 11 is 0. The Balaban J connectivity index is 2.23. The lowest BCUT2D eigenvalue weighted by atomic mass is 9.98. The third kappa shape index (κ3) is 3.89. The molecule has 1 amide bonds. The Morgan fingerprint density at radius 3 is 2.43 bits per heavy atom. The van der Waals surface area contributed by atoms with Crippen LogP contribution in [0.25, 0.3) is 0 Å². The number of hydrogen-bond acceptors (Lipinski definition) is 3. The molecule has 0 fully saturated rings. The van der Waals surface area contributed by atoms with Crippen LogP contribution < -0.4 is 9.64 Å². The fraction of sp³-hybridized carbons (Fsp3) is 0.263. The highest BCUT2D eigenvalue weighted by Gasteiger charge is 2.25. The molecule has 0 aromatic heterocycles. The number of rotatable bonds is 6. The zero-order valence-electron chi connectivity index (χ0n) is 13.4. The predicted octanol–water partition coefficient (Wildman–Crippen LogP) is 3.43. The summed E-state index contributed by atoms with van der Waals surface area (Å²) in [5.74, 6) is -0.234. The highest BCUT2D eigenvalue weighted by atomic mass is 16.5. The summed E-state index contributed by atoms with van der Waals surface area (Å²) in [6, 6.07) is 19.0. The van der Waals surface area contributed by atoms with Crippen LogP contribution in [0.4, 0.5) is 5.69 Å².